The first-order valence-electron chi connectivity index (χ1n) is 11.7. The van der Waals surface area contributed by atoms with E-state index in [0.717, 1.165) is 44.5 Å². The Hall–Kier alpha value is -2.94. The molecular formula is C25H26Cl2N6O2. The van der Waals surface area contributed by atoms with E-state index in [0.29, 0.717) is 45.8 Å². The van der Waals surface area contributed by atoms with E-state index in [1.54, 1.807) is 30.3 Å². The summed E-state index contributed by atoms with van der Waals surface area (Å²) in [4.78, 5) is 32.0. The molecule has 2 aromatic carbocycles. The molecule has 0 saturated carbocycles. The molecule has 2 fully saturated rings. The maximum atomic E-state index is 13.0. The summed E-state index contributed by atoms with van der Waals surface area (Å²) >= 11 is 12.0. The number of carbonyl (C=O) groups is 2. The number of rotatable bonds is 5. The number of fused-ring (bicyclic) bond motifs is 1. The lowest BCUT2D eigenvalue weighted by molar-refractivity contribution is 0.0487. The highest BCUT2D eigenvalue weighted by Crippen LogP contribution is 2.22. The fourth-order valence-electron chi connectivity index (χ4n) is 4.81. The monoisotopic (exact) mass is 512 g/mol. The minimum absolute atomic E-state index is 0.0418. The molecule has 0 unspecified atom stereocenters. The first-order chi connectivity index (χ1) is 17.0. The van der Waals surface area contributed by atoms with E-state index in [2.05, 4.69) is 25.2 Å². The first kappa shape index (κ1) is 23.8. The van der Waals surface area contributed by atoms with E-state index >= 15 is 0 Å². The normalized spacial score (nSPS) is 18.0. The first-order valence-corrected chi connectivity index (χ1v) is 12.5. The molecule has 182 valence electrons. The summed E-state index contributed by atoms with van der Waals surface area (Å²) in [5, 5.41) is 11.6. The minimum atomic E-state index is -0.111. The van der Waals surface area contributed by atoms with Crippen LogP contribution in [0.5, 0.6) is 0 Å². The largest absolute Gasteiger partial charge is 0.377 e. The van der Waals surface area contributed by atoms with Crippen LogP contribution in [0.2, 0.25) is 10.0 Å². The molecule has 1 N–H and O–H groups in total. The highest BCUT2D eigenvalue weighted by Gasteiger charge is 2.29. The molecule has 1 aromatic heterocycles. The van der Waals surface area contributed by atoms with E-state index in [9.17, 15) is 9.59 Å². The predicted octanol–water partition coefficient (Wildman–Crippen LogP) is 3.88. The molecule has 1 amide bonds. The highest BCUT2D eigenvalue weighted by molar-refractivity contribution is 6.35. The van der Waals surface area contributed by atoms with Gasteiger partial charge >= 0.3 is 0 Å². The zero-order valence-corrected chi connectivity index (χ0v) is 20.7. The molecular weight excluding hydrogens is 487 g/mol. The molecule has 0 aliphatic carbocycles. The van der Waals surface area contributed by atoms with Gasteiger partial charge in [-0.3, -0.25) is 14.5 Å². The minimum Gasteiger partial charge on any atom is -0.377 e. The van der Waals surface area contributed by atoms with Gasteiger partial charge in [-0.2, -0.15) is 15.4 Å². The van der Waals surface area contributed by atoms with E-state index in [1.807, 2.05) is 23.2 Å². The van der Waals surface area contributed by atoms with Crippen molar-refractivity contribution in [2.45, 2.75) is 18.9 Å². The topological polar surface area (TPSA) is 85.4 Å². The van der Waals surface area contributed by atoms with E-state index in [1.165, 1.54) is 0 Å². The lowest BCUT2D eigenvalue weighted by Crippen LogP contribution is -2.54. The number of piperidine rings is 1. The third kappa shape index (κ3) is 5.50. The van der Waals surface area contributed by atoms with Crippen LogP contribution in [0.1, 0.15) is 33.6 Å². The number of ketones is 1. The van der Waals surface area contributed by atoms with Crippen molar-refractivity contribution in [1.29, 1.82) is 0 Å². The molecule has 3 heterocycles. The van der Waals surface area contributed by atoms with Crippen molar-refractivity contribution in [3.05, 3.63) is 69.8 Å². The van der Waals surface area contributed by atoms with Gasteiger partial charge < -0.3 is 9.80 Å². The number of likely N-dealkylation sites (tertiary alicyclic amines) is 1. The number of hydrogen-bond donors (Lipinski definition) is 1. The number of nitrogens with zero attached hydrogens (tertiary/aromatic N) is 5. The number of carbonyl (C=O) groups excluding carboxylic acids is 2. The van der Waals surface area contributed by atoms with Crippen LogP contribution in [-0.2, 0) is 0 Å². The summed E-state index contributed by atoms with van der Waals surface area (Å²) in [7, 11) is 0. The Morgan fingerprint density at radius 3 is 2.26 bits per heavy atom. The van der Waals surface area contributed by atoms with Crippen molar-refractivity contribution >= 4 is 45.9 Å². The Bertz CT molecular complexity index is 1240. The average Bonchev–Trinajstić information content (AvgIpc) is 3.35. The summed E-state index contributed by atoms with van der Waals surface area (Å²) in [6.45, 7) is 4.95. The van der Waals surface area contributed by atoms with E-state index in [4.69, 9.17) is 23.2 Å². The van der Waals surface area contributed by atoms with Gasteiger partial charge in [-0.15, -0.1) is 0 Å². The molecule has 35 heavy (non-hydrogen) atoms. The highest BCUT2D eigenvalue weighted by atomic mass is 35.5. The van der Waals surface area contributed by atoms with Gasteiger partial charge in [0.2, 0.25) is 0 Å². The van der Waals surface area contributed by atoms with Crippen LogP contribution in [-0.4, -0.2) is 87.1 Å². The van der Waals surface area contributed by atoms with Crippen molar-refractivity contribution < 1.29 is 9.59 Å². The van der Waals surface area contributed by atoms with Gasteiger partial charge in [-0.25, -0.2) is 0 Å². The molecule has 8 nitrogen and oxygen atoms in total. The third-order valence-corrected chi connectivity index (χ3v) is 7.20. The summed E-state index contributed by atoms with van der Waals surface area (Å²) < 4.78 is 0. The second-order valence-electron chi connectivity index (χ2n) is 8.96. The maximum Gasteiger partial charge on any atom is 0.254 e. The molecule has 2 aliphatic rings. The van der Waals surface area contributed by atoms with Crippen LogP contribution in [0.25, 0.3) is 11.0 Å². The van der Waals surface area contributed by atoms with Crippen LogP contribution in [0.4, 0.5) is 0 Å². The lowest BCUT2D eigenvalue weighted by atomic mass is 10.0. The number of amides is 1. The van der Waals surface area contributed by atoms with Crippen molar-refractivity contribution in [3.8, 4) is 0 Å². The van der Waals surface area contributed by atoms with Crippen molar-refractivity contribution in [2.24, 2.45) is 0 Å². The zero-order valence-electron chi connectivity index (χ0n) is 19.2. The smallest absolute Gasteiger partial charge is 0.254 e. The molecule has 5 rings (SSSR count). The SMILES string of the molecule is O=C(C=CN1CCC(N2CCN(C(=O)c3ccc4n[nH]nc4c3)CC2)CC1)c1cc(Cl)cc(Cl)c1. The molecule has 10 heteroatoms. The number of H-pyrrole nitrogens is 1. The fourth-order valence-corrected chi connectivity index (χ4v) is 5.34. The number of aromatic nitrogens is 3. The van der Waals surface area contributed by atoms with Crippen LogP contribution < -0.4 is 0 Å². The summed E-state index contributed by atoms with van der Waals surface area (Å²) in [5.41, 5.74) is 2.59. The van der Waals surface area contributed by atoms with Gasteiger partial charge in [0.05, 0.1) is 0 Å². The van der Waals surface area contributed by atoms with Crippen LogP contribution in [0, 0.1) is 0 Å². The van der Waals surface area contributed by atoms with E-state index in [-0.39, 0.29) is 11.7 Å². The Kier molecular flexibility index (Phi) is 7.04. The number of aromatic amines is 1. The van der Waals surface area contributed by atoms with Gasteiger partial charge in [0.15, 0.2) is 5.78 Å². The molecule has 0 bridgehead atoms. The second kappa shape index (κ2) is 10.4. The van der Waals surface area contributed by atoms with Crippen molar-refractivity contribution in [3.63, 3.8) is 0 Å². The molecule has 2 aliphatic heterocycles. The Labute approximate surface area is 213 Å². The second-order valence-corrected chi connectivity index (χ2v) is 9.83. The quantitative estimate of drug-likeness (QED) is 0.412. The molecule has 3 aromatic rings. The Morgan fingerprint density at radius 1 is 0.857 bits per heavy atom. The summed E-state index contributed by atoms with van der Waals surface area (Å²) in [6, 6.07) is 10.8. The van der Waals surface area contributed by atoms with Gasteiger partial charge in [0, 0.05) is 78.8 Å². The maximum absolute atomic E-state index is 13.0. The number of piperazine rings is 1. The Morgan fingerprint density at radius 2 is 1.54 bits per heavy atom. The fraction of sp³-hybridized carbons (Fsp3) is 0.360. The Balaban J connectivity index is 1.09. The van der Waals surface area contributed by atoms with Gasteiger partial charge in [-0.05, 0) is 49.2 Å². The van der Waals surface area contributed by atoms with Gasteiger partial charge in [0.1, 0.15) is 11.0 Å². The predicted molar refractivity (Wildman–Crippen MR) is 136 cm³/mol. The van der Waals surface area contributed by atoms with Crippen molar-refractivity contribution in [1.82, 2.24) is 30.1 Å². The van der Waals surface area contributed by atoms with Gasteiger partial charge in [0.25, 0.3) is 5.91 Å². The molecule has 0 spiro atoms. The van der Waals surface area contributed by atoms with E-state index < -0.39 is 0 Å². The average molecular weight is 513 g/mol. The van der Waals surface area contributed by atoms with Crippen molar-refractivity contribution in [2.75, 3.05) is 39.3 Å². The van der Waals surface area contributed by atoms with Crippen LogP contribution in [0.3, 0.4) is 0 Å². The molecule has 0 atom stereocenters. The lowest BCUT2D eigenvalue weighted by Gasteiger charge is -2.42. The number of halogens is 2. The summed E-state index contributed by atoms with van der Waals surface area (Å²) in [6.07, 6.45) is 5.51. The number of nitrogens with one attached hydrogen (secondary N) is 1. The van der Waals surface area contributed by atoms with Crippen LogP contribution >= 0.6 is 23.2 Å². The standard InChI is InChI=1S/C25H26Cl2N6O2/c26-19-13-18(14-20(27)16-19)24(34)5-8-31-6-3-21(4-7-31)32-9-11-33(12-10-32)25(35)17-1-2-22-23(15-17)29-30-28-22/h1-2,5,8,13-16,21H,3-4,6-7,9-12H2,(H,28,29,30). The van der Waals surface area contributed by atoms with Gasteiger partial charge in [-0.1, -0.05) is 23.2 Å². The van der Waals surface area contributed by atoms with Crippen LogP contribution in [0.15, 0.2) is 48.7 Å². The molecule has 2 saturated heterocycles. The zero-order chi connectivity index (χ0) is 24.4. The number of hydrogen-bond acceptors (Lipinski definition) is 6. The third-order valence-electron chi connectivity index (χ3n) is 6.76. The number of allylic oxidation sites excluding steroid dienone is 1. The number of benzene rings is 2. The summed E-state index contributed by atoms with van der Waals surface area (Å²) in [5.74, 6) is -0.0693. The molecule has 0 radical (unpaired) electrons.